The summed E-state index contributed by atoms with van der Waals surface area (Å²) in [6.07, 6.45) is 2.30. The van der Waals surface area contributed by atoms with E-state index in [1.807, 2.05) is 6.07 Å². The molecule has 0 N–H and O–H groups in total. The van der Waals surface area contributed by atoms with Gasteiger partial charge in [-0.2, -0.15) is 0 Å². The Morgan fingerprint density at radius 1 is 1.35 bits per heavy atom. The van der Waals surface area contributed by atoms with Crippen molar-refractivity contribution in [2.24, 2.45) is 11.3 Å². The molecule has 1 aromatic rings. The molecule has 98 valence electrons. The quantitative estimate of drug-likeness (QED) is 0.511. The molecule has 0 spiro atoms. The van der Waals surface area contributed by atoms with Crippen LogP contribution in [0.1, 0.15) is 50.9 Å². The van der Waals surface area contributed by atoms with E-state index in [1.54, 1.807) is 0 Å². The molecule has 0 saturated heterocycles. The Morgan fingerprint density at radius 2 is 1.94 bits per heavy atom. The number of thiophene rings is 1. The molecule has 0 aromatic carbocycles. The van der Waals surface area contributed by atoms with Gasteiger partial charge in [0.15, 0.2) is 0 Å². The van der Waals surface area contributed by atoms with Crippen molar-refractivity contribution in [3.8, 4) is 0 Å². The Kier molecular flexibility index (Phi) is 5.84. The van der Waals surface area contributed by atoms with Crippen LogP contribution in [0.2, 0.25) is 8.67 Å². The molecule has 0 radical (unpaired) electrons. The normalized spacial score (nSPS) is 15.9. The number of halogens is 3. The lowest BCUT2D eigenvalue weighted by atomic mass is 9.83. The lowest BCUT2D eigenvalue weighted by molar-refractivity contribution is 0.296. The van der Waals surface area contributed by atoms with Crippen molar-refractivity contribution < 1.29 is 0 Å². The molecule has 17 heavy (non-hydrogen) atoms. The average molecular weight is 358 g/mol. The third-order valence-electron chi connectivity index (χ3n) is 2.59. The highest BCUT2D eigenvalue weighted by Gasteiger charge is 2.21. The van der Waals surface area contributed by atoms with E-state index in [-0.39, 0.29) is 0 Å². The van der Waals surface area contributed by atoms with Crippen molar-refractivity contribution in [2.45, 2.75) is 45.4 Å². The van der Waals surface area contributed by atoms with Crippen molar-refractivity contribution in [2.75, 3.05) is 0 Å². The van der Waals surface area contributed by atoms with Crippen LogP contribution in [0.5, 0.6) is 0 Å². The fourth-order valence-corrected chi connectivity index (χ4v) is 5.04. The highest BCUT2D eigenvalue weighted by Crippen LogP contribution is 2.42. The van der Waals surface area contributed by atoms with Crippen LogP contribution < -0.4 is 0 Å². The fourth-order valence-electron chi connectivity index (χ4n) is 2.18. The predicted octanol–water partition coefficient (Wildman–Crippen LogP) is 6.95. The second-order valence-electron chi connectivity index (χ2n) is 5.85. The predicted molar refractivity (Wildman–Crippen MR) is 83.9 cm³/mol. The summed E-state index contributed by atoms with van der Waals surface area (Å²) in [4.78, 5) is 0.302. The van der Waals surface area contributed by atoms with Gasteiger partial charge in [-0.3, -0.25) is 0 Å². The standard InChI is InChI=1S/C13H19BrCl2S/c1-8(7-13(2,3)4)5-10(14)9-6-11(15)17-12(9)16/h6,8,10H,5,7H2,1-4H3. The SMILES string of the molecule is CC(CC(Br)c1cc(Cl)sc1Cl)CC(C)(C)C. The van der Waals surface area contributed by atoms with E-state index < -0.39 is 0 Å². The first-order valence-corrected chi connectivity index (χ1v) is 8.26. The zero-order valence-corrected chi connectivity index (χ0v) is 14.6. The van der Waals surface area contributed by atoms with Gasteiger partial charge in [-0.05, 0) is 35.8 Å². The maximum Gasteiger partial charge on any atom is 0.0987 e. The van der Waals surface area contributed by atoms with Gasteiger partial charge in [0.1, 0.15) is 0 Å². The van der Waals surface area contributed by atoms with Crippen LogP contribution >= 0.6 is 50.5 Å². The van der Waals surface area contributed by atoms with Gasteiger partial charge in [-0.1, -0.05) is 66.8 Å². The highest BCUT2D eigenvalue weighted by atomic mass is 79.9. The van der Waals surface area contributed by atoms with Crippen LogP contribution in [0.3, 0.4) is 0 Å². The molecule has 0 fully saturated rings. The van der Waals surface area contributed by atoms with E-state index >= 15 is 0 Å². The summed E-state index contributed by atoms with van der Waals surface area (Å²) in [6, 6.07) is 1.97. The fraction of sp³-hybridized carbons (Fsp3) is 0.692. The first-order valence-electron chi connectivity index (χ1n) is 5.78. The summed E-state index contributed by atoms with van der Waals surface area (Å²) in [7, 11) is 0. The number of rotatable bonds is 4. The molecule has 4 heteroatoms. The van der Waals surface area contributed by atoms with Crippen LogP contribution in [0, 0.1) is 11.3 Å². The maximum absolute atomic E-state index is 6.16. The van der Waals surface area contributed by atoms with Crippen molar-refractivity contribution in [3.05, 3.63) is 20.3 Å². The maximum atomic E-state index is 6.16. The second-order valence-corrected chi connectivity index (χ2v) is 9.24. The minimum absolute atomic E-state index is 0.302. The molecular weight excluding hydrogens is 339 g/mol. The summed E-state index contributed by atoms with van der Waals surface area (Å²) < 4.78 is 1.57. The van der Waals surface area contributed by atoms with Gasteiger partial charge in [0.05, 0.1) is 8.67 Å². The minimum Gasteiger partial charge on any atom is -0.111 e. The minimum atomic E-state index is 0.302. The summed E-state index contributed by atoms with van der Waals surface area (Å²) in [5, 5.41) is 0. The number of alkyl halides is 1. The van der Waals surface area contributed by atoms with Gasteiger partial charge in [-0.25, -0.2) is 0 Å². The molecule has 1 aromatic heterocycles. The molecule has 0 aliphatic rings. The molecule has 0 nitrogen and oxygen atoms in total. The summed E-state index contributed by atoms with van der Waals surface area (Å²) in [5.74, 6) is 0.661. The lowest BCUT2D eigenvalue weighted by Crippen LogP contribution is -2.12. The van der Waals surface area contributed by atoms with Gasteiger partial charge in [-0.15, -0.1) is 11.3 Å². The average Bonchev–Trinajstić information content (AvgIpc) is 2.41. The van der Waals surface area contributed by atoms with Crippen molar-refractivity contribution in [1.29, 1.82) is 0 Å². The van der Waals surface area contributed by atoms with Crippen LogP contribution in [0.4, 0.5) is 0 Å². The van der Waals surface area contributed by atoms with E-state index in [4.69, 9.17) is 23.2 Å². The van der Waals surface area contributed by atoms with Crippen molar-refractivity contribution in [3.63, 3.8) is 0 Å². The highest BCUT2D eigenvalue weighted by molar-refractivity contribution is 9.09. The topological polar surface area (TPSA) is 0 Å². The number of hydrogen-bond acceptors (Lipinski definition) is 1. The molecule has 0 saturated carbocycles. The van der Waals surface area contributed by atoms with Crippen LogP contribution in [-0.4, -0.2) is 0 Å². The lowest BCUT2D eigenvalue weighted by Gasteiger charge is -2.24. The summed E-state index contributed by atoms with van der Waals surface area (Å²) in [5.41, 5.74) is 1.50. The molecule has 0 amide bonds. The first kappa shape index (κ1) is 15.8. The van der Waals surface area contributed by atoms with Crippen molar-refractivity contribution >= 4 is 50.5 Å². The second kappa shape index (κ2) is 6.27. The van der Waals surface area contributed by atoms with Crippen LogP contribution in [-0.2, 0) is 0 Å². The van der Waals surface area contributed by atoms with Crippen molar-refractivity contribution in [1.82, 2.24) is 0 Å². The zero-order valence-electron chi connectivity index (χ0n) is 10.7. The van der Waals surface area contributed by atoms with E-state index in [1.165, 1.54) is 17.8 Å². The third kappa shape index (κ3) is 5.50. The zero-order chi connectivity index (χ0) is 13.2. The smallest absolute Gasteiger partial charge is 0.0987 e. The van der Waals surface area contributed by atoms with E-state index in [0.717, 1.165) is 20.7 Å². The molecular formula is C13H19BrCl2S. The Hall–Kier alpha value is 0.760. The Balaban J connectivity index is 2.60. The Bertz CT molecular complexity index is 368. The summed E-state index contributed by atoms with van der Waals surface area (Å²) in [6.45, 7) is 9.13. The molecule has 2 unspecified atom stereocenters. The van der Waals surface area contributed by atoms with Gasteiger partial charge in [0.2, 0.25) is 0 Å². The monoisotopic (exact) mass is 356 g/mol. The molecule has 1 rings (SSSR count). The molecule has 0 aliphatic carbocycles. The first-order chi connectivity index (χ1) is 7.69. The Morgan fingerprint density at radius 3 is 2.35 bits per heavy atom. The molecule has 0 aliphatic heterocycles. The number of hydrogen-bond donors (Lipinski definition) is 0. The molecule has 2 atom stereocenters. The van der Waals surface area contributed by atoms with Gasteiger partial charge in [0, 0.05) is 4.83 Å². The Labute approximate surface area is 127 Å². The summed E-state index contributed by atoms with van der Waals surface area (Å²) >= 11 is 17.3. The van der Waals surface area contributed by atoms with Gasteiger partial charge in [0.25, 0.3) is 0 Å². The van der Waals surface area contributed by atoms with E-state index in [2.05, 4.69) is 43.6 Å². The van der Waals surface area contributed by atoms with Gasteiger partial charge < -0.3 is 0 Å². The van der Waals surface area contributed by atoms with E-state index in [0.29, 0.717) is 16.2 Å². The third-order valence-corrected chi connectivity index (χ3v) is 4.98. The largest absolute Gasteiger partial charge is 0.111 e. The van der Waals surface area contributed by atoms with E-state index in [9.17, 15) is 0 Å². The van der Waals surface area contributed by atoms with Crippen LogP contribution in [0.15, 0.2) is 6.07 Å². The van der Waals surface area contributed by atoms with Gasteiger partial charge >= 0.3 is 0 Å². The van der Waals surface area contributed by atoms with Crippen LogP contribution in [0.25, 0.3) is 0 Å². The molecule has 1 heterocycles. The molecule has 0 bridgehead atoms.